The van der Waals surface area contributed by atoms with Crippen molar-refractivity contribution in [2.75, 3.05) is 5.32 Å². The minimum atomic E-state index is -0.390. The molecule has 0 saturated heterocycles. The predicted molar refractivity (Wildman–Crippen MR) is 73.6 cm³/mol. The van der Waals surface area contributed by atoms with Crippen LogP contribution in [0.3, 0.4) is 0 Å². The van der Waals surface area contributed by atoms with Crippen molar-refractivity contribution in [2.24, 2.45) is 11.5 Å². The van der Waals surface area contributed by atoms with E-state index in [2.05, 4.69) is 5.32 Å². The largest absolute Gasteiger partial charge is 0.381 e. The lowest BCUT2D eigenvalue weighted by atomic mass is 9.90. The maximum Gasteiger partial charge on any atom is 0.248 e. The summed E-state index contributed by atoms with van der Waals surface area (Å²) in [5, 5.41) is 3.49. The smallest absolute Gasteiger partial charge is 0.248 e. The number of anilines is 1. The monoisotopic (exact) mass is 247 g/mol. The van der Waals surface area contributed by atoms with Gasteiger partial charge >= 0.3 is 0 Å². The van der Waals surface area contributed by atoms with Gasteiger partial charge in [0.1, 0.15) is 0 Å². The van der Waals surface area contributed by atoms with E-state index in [4.69, 9.17) is 11.5 Å². The van der Waals surface area contributed by atoms with Crippen LogP contribution in [0.25, 0.3) is 0 Å². The first-order valence-electron chi connectivity index (χ1n) is 6.50. The van der Waals surface area contributed by atoms with E-state index < -0.39 is 0 Å². The number of carbonyl (C=O) groups excluding carboxylic acids is 1. The molecule has 1 amide bonds. The molecule has 1 aliphatic carbocycles. The molecule has 0 aliphatic heterocycles. The van der Waals surface area contributed by atoms with Crippen molar-refractivity contribution in [1.29, 1.82) is 0 Å². The van der Waals surface area contributed by atoms with Crippen molar-refractivity contribution in [3.63, 3.8) is 0 Å². The third-order valence-corrected chi connectivity index (χ3v) is 3.67. The summed E-state index contributed by atoms with van der Waals surface area (Å²) < 4.78 is 0. The summed E-state index contributed by atoms with van der Waals surface area (Å²) in [7, 11) is 0. The fraction of sp³-hybridized carbons (Fsp3) is 0.500. The van der Waals surface area contributed by atoms with Crippen LogP contribution in [0.15, 0.2) is 18.2 Å². The third kappa shape index (κ3) is 2.82. The summed E-state index contributed by atoms with van der Waals surface area (Å²) in [6, 6.07) is 6.03. The Kier molecular flexibility index (Phi) is 3.87. The van der Waals surface area contributed by atoms with Gasteiger partial charge in [0, 0.05) is 23.3 Å². The molecule has 1 fully saturated rings. The molecule has 0 heterocycles. The van der Waals surface area contributed by atoms with E-state index in [9.17, 15) is 4.79 Å². The van der Waals surface area contributed by atoms with Gasteiger partial charge in [-0.1, -0.05) is 12.8 Å². The molecule has 2 unspecified atom stereocenters. The van der Waals surface area contributed by atoms with Crippen molar-refractivity contribution < 1.29 is 4.79 Å². The molecule has 2 rings (SSSR count). The van der Waals surface area contributed by atoms with Crippen LogP contribution < -0.4 is 16.8 Å². The molecule has 98 valence electrons. The maximum atomic E-state index is 11.1. The molecule has 18 heavy (non-hydrogen) atoms. The lowest BCUT2D eigenvalue weighted by molar-refractivity contribution is 0.1000. The zero-order valence-corrected chi connectivity index (χ0v) is 10.8. The van der Waals surface area contributed by atoms with Crippen LogP contribution in [0.1, 0.15) is 41.6 Å². The highest BCUT2D eigenvalue weighted by atomic mass is 16.1. The van der Waals surface area contributed by atoms with Gasteiger partial charge < -0.3 is 16.8 Å². The second-order valence-electron chi connectivity index (χ2n) is 5.09. The van der Waals surface area contributed by atoms with E-state index in [0.29, 0.717) is 11.6 Å². The first-order valence-corrected chi connectivity index (χ1v) is 6.50. The molecular formula is C14H21N3O. The van der Waals surface area contributed by atoms with Crippen molar-refractivity contribution in [1.82, 2.24) is 0 Å². The molecule has 1 aromatic rings. The molecule has 0 aromatic heterocycles. The summed E-state index contributed by atoms with van der Waals surface area (Å²) in [4.78, 5) is 11.1. The van der Waals surface area contributed by atoms with Gasteiger partial charge in [0.15, 0.2) is 0 Å². The Hall–Kier alpha value is -1.55. The van der Waals surface area contributed by atoms with Crippen LogP contribution in [0.5, 0.6) is 0 Å². The molecule has 1 aromatic carbocycles. The number of rotatable bonds is 3. The number of hydrogen-bond donors (Lipinski definition) is 3. The van der Waals surface area contributed by atoms with Gasteiger partial charge in [0.25, 0.3) is 0 Å². The van der Waals surface area contributed by atoms with Crippen molar-refractivity contribution in [3.05, 3.63) is 29.3 Å². The molecule has 4 heteroatoms. The highest BCUT2D eigenvalue weighted by Gasteiger charge is 2.21. The highest BCUT2D eigenvalue weighted by molar-refractivity contribution is 5.93. The molecule has 5 N–H and O–H groups in total. The van der Waals surface area contributed by atoms with E-state index in [1.165, 1.54) is 12.8 Å². The minimum Gasteiger partial charge on any atom is -0.381 e. The van der Waals surface area contributed by atoms with Gasteiger partial charge in [0.2, 0.25) is 5.91 Å². The summed E-state index contributed by atoms with van der Waals surface area (Å²) in [6.07, 6.45) is 4.64. The number of nitrogens with one attached hydrogen (secondary N) is 1. The fourth-order valence-corrected chi connectivity index (χ4v) is 2.52. The second-order valence-corrected chi connectivity index (χ2v) is 5.09. The Morgan fingerprint density at radius 2 is 2.06 bits per heavy atom. The molecule has 0 bridgehead atoms. The maximum absolute atomic E-state index is 11.1. The SMILES string of the molecule is Cc1cc(C(N)=O)ccc1NC1CCCCC1N. The Bertz CT molecular complexity index is 445. The first-order chi connectivity index (χ1) is 8.58. The molecule has 4 nitrogen and oxygen atoms in total. The average molecular weight is 247 g/mol. The minimum absolute atomic E-state index is 0.217. The molecule has 1 aliphatic rings. The normalized spacial score (nSPS) is 23.7. The van der Waals surface area contributed by atoms with E-state index in [1.807, 2.05) is 19.1 Å². The van der Waals surface area contributed by atoms with Crippen molar-refractivity contribution in [2.45, 2.75) is 44.7 Å². The molecule has 2 atom stereocenters. The summed E-state index contributed by atoms with van der Waals surface area (Å²) >= 11 is 0. The predicted octanol–water partition coefficient (Wildman–Crippen LogP) is 1.78. The summed E-state index contributed by atoms with van der Waals surface area (Å²) in [6.45, 7) is 1.98. The Morgan fingerprint density at radius 1 is 1.33 bits per heavy atom. The van der Waals surface area contributed by atoms with Gasteiger partial charge in [-0.15, -0.1) is 0 Å². The zero-order valence-electron chi connectivity index (χ0n) is 10.8. The second kappa shape index (κ2) is 5.40. The van der Waals surface area contributed by atoms with Crippen LogP contribution in [0.4, 0.5) is 5.69 Å². The Labute approximate surface area is 108 Å². The Morgan fingerprint density at radius 3 is 2.67 bits per heavy atom. The van der Waals surface area contributed by atoms with Crippen molar-refractivity contribution >= 4 is 11.6 Å². The Balaban J connectivity index is 2.11. The van der Waals surface area contributed by atoms with Crippen LogP contribution in [0, 0.1) is 6.92 Å². The fourth-order valence-electron chi connectivity index (χ4n) is 2.52. The van der Waals surface area contributed by atoms with E-state index in [-0.39, 0.29) is 11.9 Å². The van der Waals surface area contributed by atoms with Gasteiger partial charge in [-0.25, -0.2) is 0 Å². The van der Waals surface area contributed by atoms with Crippen molar-refractivity contribution in [3.8, 4) is 0 Å². The van der Waals surface area contributed by atoms with Crippen LogP contribution in [0.2, 0.25) is 0 Å². The first kappa shape index (κ1) is 12.9. The quantitative estimate of drug-likeness (QED) is 0.761. The van der Waals surface area contributed by atoms with Crippen LogP contribution in [-0.4, -0.2) is 18.0 Å². The average Bonchev–Trinajstić information content (AvgIpc) is 2.34. The lowest BCUT2D eigenvalue weighted by Crippen LogP contribution is -2.42. The summed E-state index contributed by atoms with van der Waals surface area (Å²) in [5.41, 5.74) is 14.0. The molecule has 1 saturated carbocycles. The number of carbonyl (C=O) groups is 1. The van der Waals surface area contributed by atoms with Crippen LogP contribution >= 0.6 is 0 Å². The number of nitrogens with two attached hydrogens (primary N) is 2. The van der Waals surface area contributed by atoms with E-state index >= 15 is 0 Å². The summed E-state index contributed by atoms with van der Waals surface area (Å²) in [5.74, 6) is -0.390. The highest BCUT2D eigenvalue weighted by Crippen LogP contribution is 2.23. The number of aryl methyl sites for hydroxylation is 1. The number of amides is 1. The van der Waals surface area contributed by atoms with Gasteiger partial charge in [-0.2, -0.15) is 0 Å². The number of benzene rings is 1. The number of primary amides is 1. The topological polar surface area (TPSA) is 81.1 Å². The zero-order chi connectivity index (χ0) is 13.1. The van der Waals surface area contributed by atoms with Gasteiger partial charge in [0.05, 0.1) is 0 Å². The lowest BCUT2D eigenvalue weighted by Gasteiger charge is -2.30. The van der Waals surface area contributed by atoms with Gasteiger partial charge in [-0.05, 0) is 43.5 Å². The molecule has 0 spiro atoms. The third-order valence-electron chi connectivity index (χ3n) is 3.67. The standard InChI is InChI=1S/C14H21N3O/c1-9-8-10(14(16)18)6-7-12(9)17-13-5-3-2-4-11(13)15/h6-8,11,13,17H,2-5,15H2,1H3,(H2,16,18). The number of hydrogen-bond acceptors (Lipinski definition) is 3. The molecule has 0 radical (unpaired) electrons. The van der Waals surface area contributed by atoms with E-state index in [0.717, 1.165) is 24.1 Å². The van der Waals surface area contributed by atoms with Crippen LogP contribution in [-0.2, 0) is 0 Å². The van der Waals surface area contributed by atoms with Gasteiger partial charge in [-0.3, -0.25) is 4.79 Å². The molecular weight excluding hydrogens is 226 g/mol. The van der Waals surface area contributed by atoms with E-state index in [1.54, 1.807) is 6.07 Å².